The highest BCUT2D eigenvalue weighted by atomic mass is 16.4. The number of carbonyl (C=O) groups excluding carboxylic acids is 1. The number of hydrogen-bond donors (Lipinski definition) is 2. The number of hydrogen-bond acceptors (Lipinski definition) is 5. The Morgan fingerprint density at radius 3 is 2.39 bits per heavy atom. The van der Waals surface area contributed by atoms with Crippen LogP contribution in [0.5, 0.6) is 0 Å². The first-order chi connectivity index (χ1) is 13.2. The van der Waals surface area contributed by atoms with Crippen LogP contribution in [0.25, 0.3) is 0 Å². The third kappa shape index (κ3) is 5.03. The summed E-state index contributed by atoms with van der Waals surface area (Å²) in [6.45, 7) is 10.6. The molecule has 28 heavy (non-hydrogen) atoms. The van der Waals surface area contributed by atoms with E-state index in [4.69, 9.17) is 0 Å². The molecule has 2 rings (SSSR count). The van der Waals surface area contributed by atoms with Crippen molar-refractivity contribution in [2.75, 3.05) is 31.1 Å². The number of nitrogens with zero attached hydrogens (tertiary/aromatic N) is 3. The zero-order valence-corrected chi connectivity index (χ0v) is 16.9. The molecular weight excluding hydrogens is 356 g/mol. The van der Waals surface area contributed by atoms with Gasteiger partial charge in [0.15, 0.2) is 0 Å². The average molecular weight is 384 g/mol. The third-order valence-corrected chi connectivity index (χ3v) is 5.13. The Hall–Kier alpha value is -3.01. The Labute approximate surface area is 166 Å². The first kappa shape index (κ1) is 21.3. The Bertz CT molecular complexity index is 802. The number of nitriles is 1. The summed E-state index contributed by atoms with van der Waals surface area (Å²) in [7, 11) is 0. The van der Waals surface area contributed by atoms with Crippen molar-refractivity contribution in [1.82, 2.24) is 10.2 Å². The van der Waals surface area contributed by atoms with Crippen LogP contribution < -0.4 is 10.2 Å². The van der Waals surface area contributed by atoms with Gasteiger partial charge in [0.2, 0.25) is 0 Å². The van der Waals surface area contributed by atoms with Gasteiger partial charge in [-0.25, -0.2) is 4.79 Å². The number of benzene rings is 1. The average Bonchev–Trinajstić information content (AvgIpc) is 2.66. The van der Waals surface area contributed by atoms with E-state index in [9.17, 15) is 20.0 Å². The van der Waals surface area contributed by atoms with Gasteiger partial charge in [-0.2, -0.15) is 5.26 Å². The van der Waals surface area contributed by atoms with Gasteiger partial charge < -0.3 is 20.2 Å². The maximum atomic E-state index is 12.3. The zero-order valence-electron chi connectivity index (χ0n) is 16.9. The first-order valence-electron chi connectivity index (χ1n) is 9.45. The molecule has 1 fully saturated rings. The minimum Gasteiger partial charge on any atom is -0.480 e. The lowest BCUT2D eigenvalue weighted by Crippen LogP contribution is -2.46. The summed E-state index contributed by atoms with van der Waals surface area (Å²) < 4.78 is 0. The normalized spacial score (nSPS) is 15.9. The van der Waals surface area contributed by atoms with Crippen molar-refractivity contribution in [2.24, 2.45) is 5.92 Å². The predicted molar refractivity (Wildman–Crippen MR) is 108 cm³/mol. The molecule has 1 amide bonds. The van der Waals surface area contributed by atoms with E-state index < -0.39 is 17.9 Å². The van der Waals surface area contributed by atoms with Crippen LogP contribution in [0.4, 0.5) is 5.69 Å². The summed E-state index contributed by atoms with van der Waals surface area (Å²) in [5.74, 6) is -2.04. The highest BCUT2D eigenvalue weighted by Crippen LogP contribution is 2.24. The van der Waals surface area contributed by atoms with Crippen LogP contribution in [0, 0.1) is 31.1 Å². The molecule has 0 spiro atoms. The standard InChI is InChI=1S/C21H28N4O3/c1-14(2)19(21(27)28)23-20(26)17(12-22)13-24-8-10-25(11-9-24)18-7-5-6-15(3)16(18)4/h5-7,13-14,19H,8-11H2,1-4H3,(H,23,26)(H,27,28)/b17-13-. The minimum atomic E-state index is -1.11. The molecule has 0 saturated carbocycles. The van der Waals surface area contributed by atoms with Crippen molar-refractivity contribution in [3.63, 3.8) is 0 Å². The second-order valence-corrected chi connectivity index (χ2v) is 7.43. The van der Waals surface area contributed by atoms with E-state index in [1.165, 1.54) is 23.0 Å². The van der Waals surface area contributed by atoms with Crippen LogP contribution in [-0.2, 0) is 9.59 Å². The predicted octanol–water partition coefficient (Wildman–Crippen LogP) is 2.06. The molecule has 1 heterocycles. The van der Waals surface area contributed by atoms with Crippen LogP contribution in [0.2, 0.25) is 0 Å². The fraction of sp³-hybridized carbons (Fsp3) is 0.476. The fourth-order valence-corrected chi connectivity index (χ4v) is 3.22. The number of aliphatic carboxylic acids is 1. The summed E-state index contributed by atoms with van der Waals surface area (Å²) in [4.78, 5) is 27.8. The largest absolute Gasteiger partial charge is 0.480 e. The molecule has 1 aromatic carbocycles. The Morgan fingerprint density at radius 1 is 1.21 bits per heavy atom. The molecule has 7 heteroatoms. The number of rotatable bonds is 6. The van der Waals surface area contributed by atoms with Crippen molar-refractivity contribution in [3.8, 4) is 6.07 Å². The van der Waals surface area contributed by atoms with Gasteiger partial charge in [-0.3, -0.25) is 4.79 Å². The SMILES string of the molecule is Cc1cccc(N2CCN(/C=C(/C#N)C(=O)NC(C(=O)O)C(C)C)CC2)c1C. The van der Waals surface area contributed by atoms with E-state index in [0.717, 1.165) is 13.1 Å². The van der Waals surface area contributed by atoms with E-state index in [1.54, 1.807) is 13.8 Å². The van der Waals surface area contributed by atoms with Gasteiger partial charge in [-0.05, 0) is 37.0 Å². The molecule has 7 nitrogen and oxygen atoms in total. The highest BCUT2D eigenvalue weighted by molar-refractivity contribution is 5.99. The molecule has 1 aliphatic heterocycles. The van der Waals surface area contributed by atoms with Gasteiger partial charge in [-0.1, -0.05) is 26.0 Å². The van der Waals surface area contributed by atoms with Crippen LogP contribution in [0.3, 0.4) is 0 Å². The van der Waals surface area contributed by atoms with Crippen LogP contribution in [0.1, 0.15) is 25.0 Å². The maximum Gasteiger partial charge on any atom is 0.326 e. The van der Waals surface area contributed by atoms with Crippen molar-refractivity contribution >= 4 is 17.6 Å². The highest BCUT2D eigenvalue weighted by Gasteiger charge is 2.25. The van der Waals surface area contributed by atoms with Crippen LogP contribution in [0.15, 0.2) is 30.0 Å². The molecule has 0 radical (unpaired) electrons. The molecule has 1 atom stereocenters. The van der Waals surface area contributed by atoms with E-state index >= 15 is 0 Å². The Balaban J connectivity index is 2.03. The first-order valence-corrected chi connectivity index (χ1v) is 9.45. The zero-order chi connectivity index (χ0) is 20.8. The molecule has 0 aliphatic carbocycles. The summed E-state index contributed by atoms with van der Waals surface area (Å²) in [6, 6.07) is 7.13. The number of amides is 1. The van der Waals surface area contributed by atoms with Gasteiger partial charge >= 0.3 is 5.97 Å². The van der Waals surface area contributed by atoms with Gasteiger partial charge in [0, 0.05) is 38.1 Å². The quantitative estimate of drug-likeness (QED) is 0.576. The summed E-state index contributed by atoms with van der Waals surface area (Å²) in [6.07, 6.45) is 1.54. The molecule has 1 saturated heterocycles. The van der Waals surface area contributed by atoms with E-state index in [1.807, 2.05) is 11.0 Å². The second kappa shape index (κ2) is 9.27. The van der Waals surface area contributed by atoms with Gasteiger partial charge in [0.05, 0.1) is 0 Å². The number of carbonyl (C=O) groups is 2. The second-order valence-electron chi connectivity index (χ2n) is 7.43. The molecule has 1 aromatic rings. The Kier molecular flexibility index (Phi) is 7.05. The number of anilines is 1. The fourth-order valence-electron chi connectivity index (χ4n) is 3.22. The van der Waals surface area contributed by atoms with Crippen molar-refractivity contribution in [3.05, 3.63) is 41.1 Å². The topological polar surface area (TPSA) is 96.7 Å². The molecular formula is C21H28N4O3. The number of nitrogens with one attached hydrogen (secondary N) is 1. The molecule has 2 N–H and O–H groups in total. The summed E-state index contributed by atoms with van der Waals surface area (Å²) in [5.41, 5.74) is 3.65. The molecule has 0 bridgehead atoms. The molecule has 150 valence electrons. The van der Waals surface area contributed by atoms with E-state index in [2.05, 4.69) is 42.3 Å². The van der Waals surface area contributed by atoms with Crippen LogP contribution >= 0.6 is 0 Å². The maximum absolute atomic E-state index is 12.3. The number of carboxylic acid groups (broad SMARTS) is 1. The third-order valence-electron chi connectivity index (χ3n) is 5.13. The summed E-state index contributed by atoms with van der Waals surface area (Å²) >= 11 is 0. The van der Waals surface area contributed by atoms with E-state index in [0.29, 0.717) is 13.1 Å². The monoisotopic (exact) mass is 384 g/mol. The smallest absolute Gasteiger partial charge is 0.326 e. The lowest BCUT2D eigenvalue weighted by Gasteiger charge is -2.36. The number of aryl methyl sites for hydroxylation is 1. The van der Waals surface area contributed by atoms with Gasteiger partial charge in [0.1, 0.15) is 17.7 Å². The van der Waals surface area contributed by atoms with Crippen molar-refractivity contribution in [1.29, 1.82) is 5.26 Å². The molecule has 1 aliphatic rings. The number of carboxylic acids is 1. The van der Waals surface area contributed by atoms with Crippen molar-refractivity contribution in [2.45, 2.75) is 33.7 Å². The molecule has 1 unspecified atom stereocenters. The number of piperazine rings is 1. The lowest BCUT2D eigenvalue weighted by atomic mass is 10.0. The lowest BCUT2D eigenvalue weighted by molar-refractivity contribution is -0.142. The van der Waals surface area contributed by atoms with E-state index in [-0.39, 0.29) is 11.5 Å². The van der Waals surface area contributed by atoms with Gasteiger partial charge in [-0.15, -0.1) is 0 Å². The van der Waals surface area contributed by atoms with Crippen molar-refractivity contribution < 1.29 is 14.7 Å². The Morgan fingerprint density at radius 2 is 1.86 bits per heavy atom. The summed E-state index contributed by atoms with van der Waals surface area (Å²) in [5, 5.41) is 21.0. The van der Waals surface area contributed by atoms with Crippen LogP contribution in [-0.4, -0.2) is 54.1 Å². The van der Waals surface area contributed by atoms with Gasteiger partial charge in [0.25, 0.3) is 5.91 Å². The minimum absolute atomic E-state index is 0.0768. The molecule has 0 aromatic heterocycles.